The molecule has 0 saturated heterocycles. The summed E-state index contributed by atoms with van der Waals surface area (Å²) in [6.45, 7) is 4.39. The second kappa shape index (κ2) is 7.65. The molecule has 0 saturated carbocycles. The Balaban J connectivity index is 1.61. The first-order valence-electron chi connectivity index (χ1n) is 9.43. The Labute approximate surface area is 175 Å². The van der Waals surface area contributed by atoms with Gasteiger partial charge in [0, 0.05) is 17.8 Å². The number of sulfonamides is 1. The van der Waals surface area contributed by atoms with Crippen LogP contribution in [0.1, 0.15) is 33.5 Å². The molecule has 2 heterocycles. The van der Waals surface area contributed by atoms with E-state index in [1.165, 1.54) is 15.6 Å². The molecule has 1 amide bonds. The fraction of sp³-hybridized carbons (Fsp3) is 0.227. The van der Waals surface area contributed by atoms with Gasteiger partial charge in [0.1, 0.15) is 4.21 Å². The van der Waals surface area contributed by atoms with E-state index in [-0.39, 0.29) is 5.91 Å². The molecular formula is C22H22N2O3S2. The van der Waals surface area contributed by atoms with E-state index in [1.807, 2.05) is 38.1 Å². The van der Waals surface area contributed by atoms with Crippen molar-refractivity contribution in [1.29, 1.82) is 0 Å². The van der Waals surface area contributed by atoms with Crippen molar-refractivity contribution in [3.63, 3.8) is 0 Å². The third-order valence-corrected chi connectivity index (χ3v) is 8.12. The number of amides is 1. The van der Waals surface area contributed by atoms with Gasteiger partial charge in [-0.05, 0) is 74.0 Å². The fourth-order valence-corrected chi connectivity index (χ4v) is 6.36. The third kappa shape index (κ3) is 3.93. The van der Waals surface area contributed by atoms with Crippen LogP contribution in [0.25, 0.3) is 0 Å². The van der Waals surface area contributed by atoms with E-state index in [9.17, 15) is 13.2 Å². The predicted octanol–water partition coefficient (Wildman–Crippen LogP) is 4.76. The molecule has 0 radical (unpaired) electrons. The molecule has 7 heteroatoms. The zero-order chi connectivity index (χ0) is 20.6. The minimum atomic E-state index is -3.56. The van der Waals surface area contributed by atoms with Crippen molar-refractivity contribution in [2.24, 2.45) is 0 Å². The lowest BCUT2D eigenvalue weighted by atomic mass is 10.0. The summed E-state index contributed by atoms with van der Waals surface area (Å²) in [5, 5.41) is 4.71. The molecule has 5 nitrogen and oxygen atoms in total. The Morgan fingerprint density at radius 3 is 2.52 bits per heavy atom. The van der Waals surface area contributed by atoms with Gasteiger partial charge in [-0.3, -0.25) is 9.10 Å². The Bertz CT molecular complexity index is 1150. The number of nitrogens with zero attached hydrogens (tertiary/aromatic N) is 1. The number of benzene rings is 2. The molecule has 29 heavy (non-hydrogen) atoms. The molecule has 1 aromatic heterocycles. The maximum Gasteiger partial charge on any atom is 0.273 e. The van der Waals surface area contributed by atoms with Crippen molar-refractivity contribution >= 4 is 38.6 Å². The molecule has 4 rings (SSSR count). The topological polar surface area (TPSA) is 66.5 Å². The number of aryl methyl sites for hydroxylation is 3. The first-order chi connectivity index (χ1) is 13.8. The van der Waals surface area contributed by atoms with Crippen LogP contribution >= 0.6 is 11.3 Å². The van der Waals surface area contributed by atoms with Gasteiger partial charge < -0.3 is 5.32 Å². The number of fused-ring (bicyclic) bond motifs is 1. The molecule has 1 aliphatic heterocycles. The van der Waals surface area contributed by atoms with Gasteiger partial charge in [0.25, 0.3) is 15.9 Å². The lowest BCUT2D eigenvalue weighted by Crippen LogP contribution is -2.35. The Morgan fingerprint density at radius 1 is 1.07 bits per heavy atom. The van der Waals surface area contributed by atoms with Crippen LogP contribution in [0.3, 0.4) is 0 Å². The zero-order valence-corrected chi connectivity index (χ0v) is 17.9. The highest BCUT2D eigenvalue weighted by atomic mass is 32.2. The second-order valence-corrected chi connectivity index (χ2v) is 10.3. The summed E-state index contributed by atoms with van der Waals surface area (Å²) in [7, 11) is -3.56. The van der Waals surface area contributed by atoms with Gasteiger partial charge >= 0.3 is 0 Å². The molecule has 0 atom stereocenters. The van der Waals surface area contributed by atoms with Crippen molar-refractivity contribution in [2.45, 2.75) is 30.9 Å². The summed E-state index contributed by atoms with van der Waals surface area (Å²) in [5.74, 6) is -0.171. The maximum absolute atomic E-state index is 13.0. The van der Waals surface area contributed by atoms with Crippen molar-refractivity contribution in [2.75, 3.05) is 16.2 Å². The number of nitrogens with one attached hydrogen (secondary N) is 1. The van der Waals surface area contributed by atoms with E-state index in [0.29, 0.717) is 27.7 Å². The average Bonchev–Trinajstić information content (AvgIpc) is 3.22. The third-order valence-electron chi connectivity index (χ3n) is 4.94. The van der Waals surface area contributed by atoms with E-state index in [1.54, 1.807) is 29.6 Å². The summed E-state index contributed by atoms with van der Waals surface area (Å²) < 4.78 is 27.8. The minimum Gasteiger partial charge on any atom is -0.322 e. The van der Waals surface area contributed by atoms with Gasteiger partial charge in [0.05, 0.1) is 5.69 Å². The quantitative estimate of drug-likeness (QED) is 0.654. The number of carbonyl (C=O) groups is 1. The van der Waals surface area contributed by atoms with Crippen molar-refractivity contribution in [3.8, 4) is 0 Å². The average molecular weight is 427 g/mol. The van der Waals surface area contributed by atoms with Crippen LogP contribution < -0.4 is 9.62 Å². The van der Waals surface area contributed by atoms with Crippen molar-refractivity contribution in [3.05, 3.63) is 76.2 Å². The second-order valence-electron chi connectivity index (χ2n) is 7.29. The first kappa shape index (κ1) is 19.7. The Morgan fingerprint density at radius 2 is 1.83 bits per heavy atom. The van der Waals surface area contributed by atoms with Gasteiger partial charge in [-0.1, -0.05) is 23.3 Å². The van der Waals surface area contributed by atoms with Gasteiger partial charge in [0.2, 0.25) is 0 Å². The maximum atomic E-state index is 13.0. The van der Waals surface area contributed by atoms with Crippen LogP contribution in [0.15, 0.2) is 58.1 Å². The number of carbonyl (C=O) groups excluding carboxylic acids is 1. The van der Waals surface area contributed by atoms with E-state index in [4.69, 9.17) is 0 Å². The standard InChI is InChI=1S/C22H22N2O3S2/c1-15-11-16(2)13-18(12-15)22(25)23-19-7-8-20-17(14-19)5-3-9-24(20)29(26,27)21-6-4-10-28-21/h4,6-8,10-14H,3,5,9H2,1-2H3,(H,23,25). The molecule has 0 fully saturated rings. The lowest BCUT2D eigenvalue weighted by molar-refractivity contribution is 0.102. The van der Waals surface area contributed by atoms with Crippen molar-refractivity contribution in [1.82, 2.24) is 0 Å². The monoisotopic (exact) mass is 426 g/mol. The fourth-order valence-electron chi connectivity index (χ4n) is 3.72. The number of rotatable bonds is 4. The molecule has 0 spiro atoms. The van der Waals surface area contributed by atoms with Gasteiger partial charge in [-0.2, -0.15) is 0 Å². The van der Waals surface area contributed by atoms with Gasteiger partial charge in [0.15, 0.2) is 0 Å². The van der Waals surface area contributed by atoms with E-state index in [0.717, 1.165) is 29.5 Å². The molecular weight excluding hydrogens is 404 g/mol. The molecule has 0 bridgehead atoms. The van der Waals surface area contributed by atoms with E-state index in [2.05, 4.69) is 5.32 Å². The molecule has 0 aliphatic carbocycles. The van der Waals surface area contributed by atoms with Crippen LogP contribution in [0.2, 0.25) is 0 Å². The minimum absolute atomic E-state index is 0.171. The normalized spacial score (nSPS) is 13.8. The highest BCUT2D eigenvalue weighted by Crippen LogP contribution is 2.34. The predicted molar refractivity (Wildman–Crippen MR) is 117 cm³/mol. The molecule has 3 aromatic rings. The summed E-state index contributed by atoms with van der Waals surface area (Å²) in [4.78, 5) is 12.6. The van der Waals surface area contributed by atoms with Crippen LogP contribution in [0.5, 0.6) is 0 Å². The summed E-state index contributed by atoms with van der Waals surface area (Å²) in [5.41, 5.74) is 4.97. The summed E-state index contributed by atoms with van der Waals surface area (Å²) in [6.07, 6.45) is 1.52. The number of hydrogen-bond acceptors (Lipinski definition) is 4. The molecule has 2 aromatic carbocycles. The lowest BCUT2D eigenvalue weighted by Gasteiger charge is -2.30. The number of hydrogen-bond donors (Lipinski definition) is 1. The molecule has 0 unspecified atom stereocenters. The number of anilines is 2. The van der Waals surface area contributed by atoms with E-state index >= 15 is 0 Å². The van der Waals surface area contributed by atoms with Crippen LogP contribution in [-0.4, -0.2) is 20.9 Å². The van der Waals surface area contributed by atoms with E-state index < -0.39 is 10.0 Å². The first-order valence-corrected chi connectivity index (χ1v) is 11.8. The van der Waals surface area contributed by atoms with Gasteiger partial charge in [-0.15, -0.1) is 11.3 Å². The van der Waals surface area contributed by atoms with Crippen LogP contribution in [0, 0.1) is 13.8 Å². The van der Waals surface area contributed by atoms with Crippen LogP contribution in [0.4, 0.5) is 11.4 Å². The number of thiophene rings is 1. The van der Waals surface area contributed by atoms with Crippen molar-refractivity contribution < 1.29 is 13.2 Å². The highest BCUT2D eigenvalue weighted by Gasteiger charge is 2.30. The molecule has 1 aliphatic rings. The molecule has 150 valence electrons. The highest BCUT2D eigenvalue weighted by molar-refractivity contribution is 7.94. The summed E-state index contributed by atoms with van der Waals surface area (Å²) >= 11 is 1.22. The smallest absolute Gasteiger partial charge is 0.273 e. The van der Waals surface area contributed by atoms with Gasteiger partial charge in [-0.25, -0.2) is 8.42 Å². The Hall–Kier alpha value is -2.64. The van der Waals surface area contributed by atoms with Crippen LogP contribution in [-0.2, 0) is 16.4 Å². The summed E-state index contributed by atoms with van der Waals surface area (Å²) in [6, 6.07) is 14.6. The Kier molecular flexibility index (Phi) is 5.19. The molecule has 1 N–H and O–H groups in total. The zero-order valence-electron chi connectivity index (χ0n) is 16.3. The largest absolute Gasteiger partial charge is 0.322 e. The SMILES string of the molecule is Cc1cc(C)cc(C(=O)Nc2ccc3c(c2)CCCN3S(=O)(=O)c2cccs2)c1.